The van der Waals surface area contributed by atoms with Crippen LogP contribution in [0, 0.1) is 0 Å². The molecule has 1 fully saturated rings. The third kappa shape index (κ3) is 5.64. The van der Waals surface area contributed by atoms with Gasteiger partial charge in [0.1, 0.15) is 0 Å². The predicted molar refractivity (Wildman–Crippen MR) is 124 cm³/mol. The van der Waals surface area contributed by atoms with Crippen LogP contribution in [0.15, 0.2) is 54.7 Å². The van der Waals surface area contributed by atoms with E-state index in [0.29, 0.717) is 24.3 Å². The molecule has 4 N–H and O–H groups in total. The smallest absolute Gasteiger partial charge is 0.223 e. The van der Waals surface area contributed by atoms with Gasteiger partial charge in [0.15, 0.2) is 11.5 Å². The van der Waals surface area contributed by atoms with E-state index in [1.165, 1.54) is 0 Å². The summed E-state index contributed by atoms with van der Waals surface area (Å²) in [5.41, 5.74) is 4.14. The van der Waals surface area contributed by atoms with E-state index >= 15 is 0 Å². The molecule has 7 heteroatoms. The van der Waals surface area contributed by atoms with Crippen molar-refractivity contribution >= 4 is 11.6 Å². The van der Waals surface area contributed by atoms with Crippen LogP contribution >= 0.6 is 0 Å². The van der Waals surface area contributed by atoms with Crippen LogP contribution in [0.1, 0.15) is 18.4 Å². The molecule has 1 saturated heterocycles. The third-order valence-corrected chi connectivity index (χ3v) is 5.46. The fourth-order valence-electron chi connectivity index (χ4n) is 3.77. The zero-order valence-corrected chi connectivity index (χ0v) is 17.8. The van der Waals surface area contributed by atoms with Crippen molar-refractivity contribution in [1.29, 1.82) is 0 Å². The van der Waals surface area contributed by atoms with Crippen molar-refractivity contribution in [2.45, 2.75) is 25.3 Å². The second-order valence-electron chi connectivity index (χ2n) is 7.70. The van der Waals surface area contributed by atoms with Gasteiger partial charge in [-0.25, -0.2) is 9.97 Å². The molecular weight excluding hydrogens is 390 g/mol. The molecule has 1 aliphatic heterocycles. The monoisotopic (exact) mass is 419 g/mol. The van der Waals surface area contributed by atoms with Gasteiger partial charge in [0.2, 0.25) is 5.95 Å². The van der Waals surface area contributed by atoms with Crippen molar-refractivity contribution in [1.82, 2.24) is 15.3 Å². The maximum absolute atomic E-state index is 9.72. The van der Waals surface area contributed by atoms with Crippen molar-refractivity contribution in [3.8, 4) is 22.8 Å². The van der Waals surface area contributed by atoms with Crippen LogP contribution in [0.25, 0.3) is 11.3 Å². The Morgan fingerprint density at radius 3 is 2.84 bits per heavy atom. The molecule has 0 atom stereocenters. The molecule has 4 rings (SSSR count). The Hall–Kier alpha value is -3.32. The molecule has 1 aliphatic rings. The van der Waals surface area contributed by atoms with E-state index in [4.69, 9.17) is 4.74 Å². The van der Waals surface area contributed by atoms with Gasteiger partial charge in [-0.05, 0) is 68.2 Å². The Balaban J connectivity index is 1.38. The molecule has 2 heterocycles. The van der Waals surface area contributed by atoms with E-state index in [0.717, 1.165) is 54.9 Å². The normalized spacial score (nSPS) is 14.2. The maximum Gasteiger partial charge on any atom is 0.223 e. The number of anilines is 2. The summed E-state index contributed by atoms with van der Waals surface area (Å²) >= 11 is 0. The quantitative estimate of drug-likeness (QED) is 0.443. The summed E-state index contributed by atoms with van der Waals surface area (Å²) in [6.07, 6.45) is 4.82. The third-order valence-electron chi connectivity index (χ3n) is 5.46. The number of nitrogens with one attached hydrogen (secondary N) is 3. The number of aromatic nitrogens is 2. The maximum atomic E-state index is 9.72. The van der Waals surface area contributed by atoms with Gasteiger partial charge in [0, 0.05) is 30.0 Å². The van der Waals surface area contributed by atoms with Crippen molar-refractivity contribution < 1.29 is 9.84 Å². The summed E-state index contributed by atoms with van der Waals surface area (Å²) in [6, 6.07) is 16.2. The lowest BCUT2D eigenvalue weighted by atomic mass is 10.1. The average molecular weight is 420 g/mol. The van der Waals surface area contributed by atoms with Crippen LogP contribution in [0.5, 0.6) is 11.5 Å². The molecule has 0 radical (unpaired) electrons. The van der Waals surface area contributed by atoms with Crippen LogP contribution < -0.4 is 20.7 Å². The summed E-state index contributed by atoms with van der Waals surface area (Å²) in [7, 11) is 1.55. The van der Waals surface area contributed by atoms with Gasteiger partial charge in [0.05, 0.1) is 12.8 Å². The Kier molecular flexibility index (Phi) is 6.84. The minimum Gasteiger partial charge on any atom is -0.504 e. The summed E-state index contributed by atoms with van der Waals surface area (Å²) < 4.78 is 5.17. The highest BCUT2D eigenvalue weighted by atomic mass is 16.5. The fourth-order valence-corrected chi connectivity index (χ4v) is 3.77. The van der Waals surface area contributed by atoms with E-state index < -0.39 is 0 Å². The van der Waals surface area contributed by atoms with Gasteiger partial charge in [-0.15, -0.1) is 0 Å². The fraction of sp³-hybridized carbons (Fsp3) is 0.333. The molecule has 0 unspecified atom stereocenters. The summed E-state index contributed by atoms with van der Waals surface area (Å²) in [4.78, 5) is 9.04. The number of methoxy groups -OCH3 is 1. The zero-order valence-electron chi connectivity index (χ0n) is 17.8. The molecule has 162 valence electrons. The highest BCUT2D eigenvalue weighted by Crippen LogP contribution is 2.26. The largest absolute Gasteiger partial charge is 0.504 e. The van der Waals surface area contributed by atoms with E-state index in [-0.39, 0.29) is 5.75 Å². The summed E-state index contributed by atoms with van der Waals surface area (Å²) in [5, 5.41) is 20.1. The second-order valence-corrected chi connectivity index (χ2v) is 7.70. The van der Waals surface area contributed by atoms with Crippen LogP contribution in [0.3, 0.4) is 0 Å². The standard InChI is InChI=1S/C24H29N5O2/c1-31-23-15-17(5-6-22(23)30)7-13-26-24-27-14-10-21(29-24)18-3-2-4-20(16-18)28-19-8-11-25-12-9-19/h2-6,10,14-16,19,25,28,30H,7-9,11-13H2,1H3,(H,26,27,29). The molecule has 7 nitrogen and oxygen atoms in total. The molecule has 0 amide bonds. The van der Waals surface area contributed by atoms with Gasteiger partial charge >= 0.3 is 0 Å². The van der Waals surface area contributed by atoms with E-state index in [1.54, 1.807) is 19.4 Å². The molecule has 0 bridgehead atoms. The molecule has 3 aromatic rings. The average Bonchev–Trinajstić information content (AvgIpc) is 2.81. The molecule has 31 heavy (non-hydrogen) atoms. The lowest BCUT2D eigenvalue weighted by Gasteiger charge is -2.24. The molecule has 0 aliphatic carbocycles. The van der Waals surface area contributed by atoms with E-state index in [1.807, 2.05) is 18.2 Å². The van der Waals surface area contributed by atoms with Crippen LogP contribution in [0.2, 0.25) is 0 Å². The van der Waals surface area contributed by atoms with Gasteiger partial charge < -0.3 is 25.8 Å². The summed E-state index contributed by atoms with van der Waals surface area (Å²) in [5.74, 6) is 1.22. The van der Waals surface area contributed by atoms with Gasteiger partial charge in [-0.3, -0.25) is 0 Å². The number of benzene rings is 2. The van der Waals surface area contributed by atoms with Crippen LogP contribution in [-0.4, -0.2) is 47.9 Å². The number of hydrogen-bond donors (Lipinski definition) is 4. The van der Waals surface area contributed by atoms with Crippen molar-refractivity contribution in [3.05, 3.63) is 60.3 Å². The SMILES string of the molecule is COc1cc(CCNc2nccc(-c3cccc(NC4CCNCC4)c3)n2)ccc1O. The zero-order chi connectivity index (χ0) is 21.5. The highest BCUT2D eigenvalue weighted by molar-refractivity contribution is 5.65. The van der Waals surface area contributed by atoms with E-state index in [9.17, 15) is 5.11 Å². The van der Waals surface area contributed by atoms with Gasteiger partial charge in [-0.2, -0.15) is 0 Å². The Bertz CT molecular complexity index is 1000. The number of aromatic hydroxyl groups is 1. The Morgan fingerprint density at radius 2 is 2.00 bits per heavy atom. The first kappa shape index (κ1) is 20.9. The molecule has 0 saturated carbocycles. The number of phenolic OH excluding ortho intramolecular Hbond substituents is 1. The number of hydrogen-bond acceptors (Lipinski definition) is 7. The lowest BCUT2D eigenvalue weighted by Crippen LogP contribution is -2.35. The van der Waals surface area contributed by atoms with Gasteiger partial charge in [-0.1, -0.05) is 18.2 Å². The first-order valence-corrected chi connectivity index (χ1v) is 10.7. The van der Waals surface area contributed by atoms with Crippen molar-refractivity contribution in [2.24, 2.45) is 0 Å². The van der Waals surface area contributed by atoms with Gasteiger partial charge in [0.25, 0.3) is 0 Å². The molecular formula is C24H29N5O2. The highest BCUT2D eigenvalue weighted by Gasteiger charge is 2.13. The van der Waals surface area contributed by atoms with Crippen molar-refractivity contribution in [3.63, 3.8) is 0 Å². The number of phenols is 1. The predicted octanol–water partition coefficient (Wildman–Crippen LogP) is 3.68. The first-order chi connectivity index (χ1) is 15.2. The minimum atomic E-state index is 0.145. The Morgan fingerprint density at radius 1 is 1.13 bits per heavy atom. The molecule has 1 aromatic heterocycles. The first-order valence-electron chi connectivity index (χ1n) is 10.7. The van der Waals surface area contributed by atoms with Crippen LogP contribution in [-0.2, 0) is 6.42 Å². The van der Waals surface area contributed by atoms with Crippen molar-refractivity contribution in [2.75, 3.05) is 37.4 Å². The molecule has 0 spiro atoms. The summed E-state index contributed by atoms with van der Waals surface area (Å²) in [6.45, 7) is 2.80. The lowest BCUT2D eigenvalue weighted by molar-refractivity contribution is 0.373. The number of ether oxygens (including phenoxy) is 1. The number of piperidine rings is 1. The topological polar surface area (TPSA) is 91.3 Å². The van der Waals surface area contributed by atoms with Crippen LogP contribution in [0.4, 0.5) is 11.6 Å². The van der Waals surface area contributed by atoms with E-state index in [2.05, 4.69) is 50.2 Å². The number of nitrogens with zero attached hydrogens (tertiary/aromatic N) is 2. The number of rotatable bonds is 8. The minimum absolute atomic E-state index is 0.145. The second kappa shape index (κ2) is 10.1. The molecule has 2 aromatic carbocycles. The Labute approximate surface area is 182 Å².